The van der Waals surface area contributed by atoms with Crippen molar-refractivity contribution in [2.45, 2.75) is 47.5 Å². The second-order valence-electron chi connectivity index (χ2n) is 6.77. The van der Waals surface area contributed by atoms with Crippen LogP contribution < -0.4 is 0 Å². The molecule has 0 aromatic rings. The van der Waals surface area contributed by atoms with Crippen LogP contribution in [-0.4, -0.2) is 19.0 Å². The Hall–Kier alpha value is -1.96. The molecule has 0 aliphatic heterocycles. The van der Waals surface area contributed by atoms with Gasteiger partial charge in [0.2, 0.25) is 0 Å². The molecule has 0 aromatic carbocycles. The van der Waals surface area contributed by atoms with E-state index in [2.05, 4.69) is 50.1 Å². The molecule has 0 spiro atoms. The van der Waals surface area contributed by atoms with Crippen molar-refractivity contribution in [2.75, 3.05) is 7.05 Å². The molecule has 0 saturated carbocycles. The summed E-state index contributed by atoms with van der Waals surface area (Å²) in [6, 6.07) is 0. The monoisotopic (exact) mass is 311 g/mol. The maximum atomic E-state index is 11.9. The smallest absolute Gasteiger partial charge is 0.158 e. The van der Waals surface area contributed by atoms with Crippen molar-refractivity contribution in [3.05, 3.63) is 58.7 Å². The van der Waals surface area contributed by atoms with Gasteiger partial charge in [-0.3, -0.25) is 9.79 Å². The molecule has 0 saturated heterocycles. The van der Waals surface area contributed by atoms with Crippen molar-refractivity contribution < 1.29 is 4.79 Å². The predicted octanol–water partition coefficient (Wildman–Crippen LogP) is 5.40. The van der Waals surface area contributed by atoms with Gasteiger partial charge in [-0.15, -0.1) is 0 Å². The number of aliphatic imine (C=N–C) groups is 1. The van der Waals surface area contributed by atoms with Crippen LogP contribution >= 0.6 is 0 Å². The predicted molar refractivity (Wildman–Crippen MR) is 101 cm³/mol. The maximum absolute atomic E-state index is 11.9. The second kappa shape index (κ2) is 8.61. The molecule has 1 aliphatic carbocycles. The van der Waals surface area contributed by atoms with Gasteiger partial charge < -0.3 is 0 Å². The first-order valence-electron chi connectivity index (χ1n) is 8.14. The molecule has 0 aromatic heterocycles. The summed E-state index contributed by atoms with van der Waals surface area (Å²) in [5, 5.41) is 0. The number of carbonyl (C=O) groups is 1. The largest absolute Gasteiger partial charge is 0.297 e. The minimum absolute atomic E-state index is 0.0728. The zero-order valence-electron chi connectivity index (χ0n) is 15.3. The minimum Gasteiger partial charge on any atom is -0.297 e. The Morgan fingerprint density at radius 3 is 2.43 bits per heavy atom. The molecule has 0 radical (unpaired) electrons. The van der Waals surface area contributed by atoms with Gasteiger partial charge in [-0.05, 0) is 55.4 Å². The van der Waals surface area contributed by atoms with Crippen LogP contribution in [0.4, 0.5) is 0 Å². The van der Waals surface area contributed by atoms with Crippen LogP contribution in [0, 0.1) is 5.41 Å². The summed E-state index contributed by atoms with van der Waals surface area (Å²) in [4.78, 5) is 15.9. The fraction of sp³-hybridized carbons (Fsp3) is 0.429. The molecule has 23 heavy (non-hydrogen) atoms. The number of ketones is 1. The summed E-state index contributed by atoms with van der Waals surface area (Å²) in [6.07, 6.45) is 15.7. The quantitative estimate of drug-likeness (QED) is 0.494. The summed E-state index contributed by atoms with van der Waals surface area (Å²) in [5.74, 6) is 0.281. The van der Waals surface area contributed by atoms with E-state index >= 15 is 0 Å². The Morgan fingerprint density at radius 1 is 1.13 bits per heavy atom. The normalized spacial score (nSPS) is 20.5. The molecule has 0 amide bonds. The van der Waals surface area contributed by atoms with Crippen LogP contribution in [0.3, 0.4) is 0 Å². The molecule has 1 aliphatic rings. The van der Waals surface area contributed by atoms with E-state index < -0.39 is 0 Å². The topological polar surface area (TPSA) is 29.4 Å². The molecule has 124 valence electrons. The van der Waals surface area contributed by atoms with Crippen molar-refractivity contribution in [3.8, 4) is 0 Å². The summed E-state index contributed by atoms with van der Waals surface area (Å²) in [7, 11) is 1.76. The Labute approximate surface area is 141 Å². The Bertz CT molecular complexity index is 622. The molecular weight excluding hydrogens is 282 g/mol. The number of hydrogen-bond acceptors (Lipinski definition) is 2. The lowest BCUT2D eigenvalue weighted by molar-refractivity contribution is -0.116. The lowest BCUT2D eigenvalue weighted by atomic mass is 9.72. The fourth-order valence-corrected chi connectivity index (χ4v) is 2.63. The van der Waals surface area contributed by atoms with E-state index in [0.29, 0.717) is 6.42 Å². The summed E-state index contributed by atoms with van der Waals surface area (Å²) in [5.41, 5.74) is 4.47. The van der Waals surface area contributed by atoms with Crippen LogP contribution in [0.15, 0.2) is 63.7 Å². The van der Waals surface area contributed by atoms with E-state index in [-0.39, 0.29) is 11.2 Å². The molecule has 0 N–H and O–H groups in total. The van der Waals surface area contributed by atoms with Gasteiger partial charge in [0.05, 0.1) is 0 Å². The van der Waals surface area contributed by atoms with Crippen LogP contribution in [-0.2, 0) is 4.79 Å². The van der Waals surface area contributed by atoms with Crippen LogP contribution in [0.25, 0.3) is 0 Å². The number of allylic oxidation sites excluding steroid dienone is 10. The van der Waals surface area contributed by atoms with E-state index in [4.69, 9.17) is 0 Å². The van der Waals surface area contributed by atoms with Gasteiger partial charge in [-0.1, -0.05) is 49.8 Å². The van der Waals surface area contributed by atoms with Crippen molar-refractivity contribution in [1.29, 1.82) is 0 Å². The second-order valence-corrected chi connectivity index (χ2v) is 6.77. The van der Waals surface area contributed by atoms with Crippen LogP contribution in [0.2, 0.25) is 0 Å². The molecule has 0 fully saturated rings. The average molecular weight is 311 g/mol. The minimum atomic E-state index is 0.0728. The first kappa shape index (κ1) is 19.1. The highest BCUT2D eigenvalue weighted by molar-refractivity contribution is 5.97. The molecule has 2 heteroatoms. The van der Waals surface area contributed by atoms with Gasteiger partial charge in [0, 0.05) is 19.7 Å². The summed E-state index contributed by atoms with van der Waals surface area (Å²) in [6.45, 7) is 10.5. The molecular formula is C21H29NO. The Balaban J connectivity index is 2.87. The summed E-state index contributed by atoms with van der Waals surface area (Å²) >= 11 is 0. The highest BCUT2D eigenvalue weighted by Crippen LogP contribution is 2.39. The number of hydrogen-bond donors (Lipinski definition) is 0. The van der Waals surface area contributed by atoms with E-state index in [1.54, 1.807) is 13.3 Å². The SMILES string of the molecule is CN=C/C=C(C)/C=C/C=C(C)/C=C/C1=C(C)C(=O)CCC1(C)C. The molecule has 0 heterocycles. The van der Waals surface area contributed by atoms with E-state index in [1.807, 2.05) is 26.0 Å². The number of nitrogens with zero attached hydrogens (tertiary/aromatic N) is 1. The Morgan fingerprint density at radius 2 is 1.78 bits per heavy atom. The fourth-order valence-electron chi connectivity index (χ4n) is 2.63. The first-order chi connectivity index (χ1) is 10.8. The van der Waals surface area contributed by atoms with Gasteiger partial charge in [-0.25, -0.2) is 0 Å². The van der Waals surface area contributed by atoms with E-state index in [0.717, 1.165) is 23.1 Å². The maximum Gasteiger partial charge on any atom is 0.158 e. The molecule has 0 atom stereocenters. The van der Waals surface area contributed by atoms with Crippen LogP contribution in [0.1, 0.15) is 47.5 Å². The van der Waals surface area contributed by atoms with Crippen molar-refractivity contribution in [2.24, 2.45) is 10.4 Å². The third-order valence-corrected chi connectivity index (χ3v) is 4.25. The lowest BCUT2D eigenvalue weighted by Gasteiger charge is -2.32. The van der Waals surface area contributed by atoms with E-state index in [1.165, 1.54) is 5.57 Å². The zero-order valence-corrected chi connectivity index (χ0v) is 15.3. The lowest BCUT2D eigenvalue weighted by Crippen LogP contribution is -2.24. The highest BCUT2D eigenvalue weighted by Gasteiger charge is 2.30. The molecule has 0 bridgehead atoms. The van der Waals surface area contributed by atoms with Gasteiger partial charge >= 0.3 is 0 Å². The van der Waals surface area contributed by atoms with Crippen molar-refractivity contribution >= 4 is 12.0 Å². The zero-order chi connectivity index (χ0) is 17.5. The van der Waals surface area contributed by atoms with Crippen LogP contribution in [0.5, 0.6) is 0 Å². The molecule has 2 nitrogen and oxygen atoms in total. The molecule has 0 unspecified atom stereocenters. The van der Waals surface area contributed by atoms with Gasteiger partial charge in [-0.2, -0.15) is 0 Å². The Kier molecular flexibility index (Phi) is 7.15. The van der Waals surface area contributed by atoms with Gasteiger partial charge in [0.25, 0.3) is 0 Å². The van der Waals surface area contributed by atoms with E-state index in [9.17, 15) is 4.79 Å². The number of Topliss-reactive ketones (excluding diaryl/α,β-unsaturated/α-hetero) is 1. The van der Waals surface area contributed by atoms with Gasteiger partial charge in [0.15, 0.2) is 5.78 Å². The van der Waals surface area contributed by atoms with Crippen molar-refractivity contribution in [3.63, 3.8) is 0 Å². The average Bonchev–Trinajstić information content (AvgIpc) is 2.49. The standard InChI is InChI=1S/C21H29NO/c1-16(8-7-9-17(2)13-15-22-6)10-11-19-18(3)20(23)12-14-21(19,4)5/h7-11,13,15H,12,14H2,1-6H3/b9-7+,11-10+,16-8+,17-13+,22-15?. The first-order valence-corrected chi connectivity index (χ1v) is 8.14. The highest BCUT2D eigenvalue weighted by atomic mass is 16.1. The molecule has 1 rings (SSSR count). The van der Waals surface area contributed by atoms with Gasteiger partial charge in [0.1, 0.15) is 0 Å². The third kappa shape index (κ3) is 5.97. The summed E-state index contributed by atoms with van der Waals surface area (Å²) < 4.78 is 0. The van der Waals surface area contributed by atoms with Crippen molar-refractivity contribution in [1.82, 2.24) is 0 Å². The third-order valence-electron chi connectivity index (χ3n) is 4.25. The number of rotatable bonds is 5. The number of carbonyl (C=O) groups excluding carboxylic acids is 1.